The lowest BCUT2D eigenvalue weighted by atomic mass is 9.96. The smallest absolute Gasteiger partial charge is 0.141 e. The quantitative estimate of drug-likeness (QED) is 0.914. The van der Waals surface area contributed by atoms with Gasteiger partial charge in [0.1, 0.15) is 11.5 Å². The van der Waals surface area contributed by atoms with Crippen LogP contribution in [0.25, 0.3) is 0 Å². The highest BCUT2D eigenvalue weighted by Crippen LogP contribution is 2.46. The number of ether oxygens (including phenoxy) is 2. The fourth-order valence-corrected chi connectivity index (χ4v) is 2.65. The van der Waals surface area contributed by atoms with Crippen molar-refractivity contribution in [3.05, 3.63) is 21.7 Å². The average Bonchev–Trinajstić information content (AvgIpc) is 3.05. The standard InChI is InChI=1S/C14H19ClO3/c1-8-10(7-14(16)5-6-14)12(17-3)9(2)11(15)13(8)18-4/h16H,5-7H2,1-4H3. The molecule has 0 spiro atoms. The molecule has 1 aromatic carbocycles. The Morgan fingerprint density at radius 2 is 1.67 bits per heavy atom. The molecular formula is C14H19ClO3. The van der Waals surface area contributed by atoms with Gasteiger partial charge in [-0.15, -0.1) is 0 Å². The van der Waals surface area contributed by atoms with Crippen LogP contribution in [0.1, 0.15) is 29.5 Å². The van der Waals surface area contributed by atoms with E-state index in [0.717, 1.165) is 35.3 Å². The van der Waals surface area contributed by atoms with Crippen LogP contribution >= 0.6 is 11.6 Å². The van der Waals surface area contributed by atoms with Crippen LogP contribution in [-0.2, 0) is 6.42 Å². The van der Waals surface area contributed by atoms with E-state index in [1.807, 2.05) is 13.8 Å². The minimum Gasteiger partial charge on any atom is -0.496 e. The summed E-state index contributed by atoms with van der Waals surface area (Å²) in [6.45, 7) is 3.86. The molecule has 1 aliphatic carbocycles. The van der Waals surface area contributed by atoms with Crippen molar-refractivity contribution in [3.8, 4) is 11.5 Å². The summed E-state index contributed by atoms with van der Waals surface area (Å²) in [5.74, 6) is 1.44. The second kappa shape index (κ2) is 4.63. The van der Waals surface area contributed by atoms with Crippen molar-refractivity contribution in [3.63, 3.8) is 0 Å². The molecular weight excluding hydrogens is 252 g/mol. The van der Waals surface area contributed by atoms with Gasteiger partial charge in [0.2, 0.25) is 0 Å². The summed E-state index contributed by atoms with van der Waals surface area (Å²) in [5.41, 5.74) is 2.24. The predicted octanol–water partition coefficient (Wildman–Crippen LogP) is 3.04. The van der Waals surface area contributed by atoms with Crippen LogP contribution in [0.4, 0.5) is 0 Å². The topological polar surface area (TPSA) is 38.7 Å². The molecule has 100 valence electrons. The number of rotatable bonds is 4. The van der Waals surface area contributed by atoms with E-state index >= 15 is 0 Å². The molecule has 18 heavy (non-hydrogen) atoms. The Morgan fingerprint density at radius 3 is 2.11 bits per heavy atom. The Balaban J connectivity index is 2.57. The van der Waals surface area contributed by atoms with E-state index in [9.17, 15) is 5.11 Å². The zero-order chi connectivity index (χ0) is 13.5. The Labute approximate surface area is 113 Å². The maximum absolute atomic E-state index is 10.1. The maximum atomic E-state index is 10.1. The molecule has 1 aromatic rings. The number of aliphatic hydroxyl groups is 1. The van der Waals surface area contributed by atoms with E-state index in [4.69, 9.17) is 21.1 Å². The molecule has 1 N–H and O–H groups in total. The minimum absolute atomic E-state index is 0.566. The maximum Gasteiger partial charge on any atom is 0.141 e. The van der Waals surface area contributed by atoms with E-state index in [0.29, 0.717) is 17.2 Å². The largest absolute Gasteiger partial charge is 0.496 e. The summed E-state index contributed by atoms with van der Waals surface area (Å²) in [5, 5.41) is 10.7. The lowest BCUT2D eigenvalue weighted by molar-refractivity contribution is 0.149. The SMILES string of the molecule is COc1c(C)c(CC2(O)CC2)c(OC)c(C)c1Cl. The van der Waals surface area contributed by atoms with Crippen LogP contribution in [0.3, 0.4) is 0 Å². The van der Waals surface area contributed by atoms with Crippen LogP contribution in [0.15, 0.2) is 0 Å². The van der Waals surface area contributed by atoms with Crippen molar-refractivity contribution >= 4 is 11.6 Å². The van der Waals surface area contributed by atoms with Crippen LogP contribution in [-0.4, -0.2) is 24.9 Å². The van der Waals surface area contributed by atoms with Crippen molar-refractivity contribution in [2.24, 2.45) is 0 Å². The third-order valence-corrected chi connectivity index (χ3v) is 4.13. The number of methoxy groups -OCH3 is 2. The van der Waals surface area contributed by atoms with E-state index < -0.39 is 5.60 Å². The van der Waals surface area contributed by atoms with E-state index in [-0.39, 0.29) is 0 Å². The molecule has 3 nitrogen and oxygen atoms in total. The van der Waals surface area contributed by atoms with Crippen LogP contribution in [0.5, 0.6) is 11.5 Å². The molecule has 0 aliphatic heterocycles. The van der Waals surface area contributed by atoms with Gasteiger partial charge in [-0.3, -0.25) is 0 Å². The molecule has 0 saturated heterocycles. The molecule has 0 amide bonds. The zero-order valence-corrected chi connectivity index (χ0v) is 12.0. The molecule has 1 saturated carbocycles. The van der Waals surface area contributed by atoms with Gasteiger partial charge in [-0.05, 0) is 32.3 Å². The van der Waals surface area contributed by atoms with Gasteiger partial charge in [0.25, 0.3) is 0 Å². The van der Waals surface area contributed by atoms with Gasteiger partial charge in [-0.25, -0.2) is 0 Å². The van der Waals surface area contributed by atoms with Gasteiger partial charge in [-0.1, -0.05) is 11.6 Å². The average molecular weight is 271 g/mol. The molecule has 1 fully saturated rings. The number of hydrogen-bond acceptors (Lipinski definition) is 3. The summed E-state index contributed by atoms with van der Waals surface area (Å²) < 4.78 is 10.8. The Kier molecular flexibility index (Phi) is 3.47. The first-order valence-electron chi connectivity index (χ1n) is 6.05. The molecule has 4 heteroatoms. The van der Waals surface area contributed by atoms with Crippen molar-refractivity contribution in [2.45, 2.75) is 38.7 Å². The first-order valence-corrected chi connectivity index (χ1v) is 6.43. The zero-order valence-electron chi connectivity index (χ0n) is 11.3. The second-order valence-corrected chi connectivity index (χ2v) is 5.39. The van der Waals surface area contributed by atoms with Crippen molar-refractivity contribution in [1.29, 1.82) is 0 Å². The fraction of sp³-hybridized carbons (Fsp3) is 0.571. The summed E-state index contributed by atoms with van der Waals surface area (Å²) in [6, 6.07) is 0. The second-order valence-electron chi connectivity index (χ2n) is 5.01. The number of hydrogen-bond donors (Lipinski definition) is 1. The van der Waals surface area contributed by atoms with E-state index in [1.54, 1.807) is 14.2 Å². The van der Waals surface area contributed by atoms with Crippen molar-refractivity contribution in [1.82, 2.24) is 0 Å². The molecule has 0 aromatic heterocycles. The van der Waals surface area contributed by atoms with E-state index in [2.05, 4.69) is 0 Å². The number of benzene rings is 1. The molecule has 0 heterocycles. The van der Waals surface area contributed by atoms with Crippen LogP contribution in [0, 0.1) is 13.8 Å². The normalized spacial score (nSPS) is 16.6. The Hall–Kier alpha value is -0.930. The highest BCUT2D eigenvalue weighted by Gasteiger charge is 2.41. The summed E-state index contributed by atoms with van der Waals surface area (Å²) >= 11 is 6.27. The van der Waals surface area contributed by atoms with Crippen molar-refractivity contribution < 1.29 is 14.6 Å². The molecule has 1 aliphatic rings. The lowest BCUT2D eigenvalue weighted by Gasteiger charge is -2.21. The van der Waals surface area contributed by atoms with Gasteiger partial charge in [0.05, 0.1) is 24.8 Å². The van der Waals surface area contributed by atoms with Crippen LogP contribution in [0.2, 0.25) is 5.02 Å². The molecule has 0 unspecified atom stereocenters. The molecule has 0 radical (unpaired) electrons. The summed E-state index contributed by atoms with van der Waals surface area (Å²) in [7, 11) is 3.24. The van der Waals surface area contributed by atoms with Gasteiger partial charge in [0.15, 0.2) is 0 Å². The molecule has 0 atom stereocenters. The Bertz CT molecular complexity index is 479. The molecule has 0 bridgehead atoms. The monoisotopic (exact) mass is 270 g/mol. The van der Waals surface area contributed by atoms with E-state index in [1.165, 1.54) is 0 Å². The Morgan fingerprint density at radius 1 is 1.11 bits per heavy atom. The minimum atomic E-state index is -0.566. The highest BCUT2D eigenvalue weighted by molar-refractivity contribution is 6.33. The fourth-order valence-electron chi connectivity index (χ4n) is 2.35. The summed E-state index contributed by atoms with van der Waals surface area (Å²) in [6.07, 6.45) is 2.29. The van der Waals surface area contributed by atoms with Crippen LogP contribution < -0.4 is 9.47 Å². The summed E-state index contributed by atoms with van der Waals surface area (Å²) in [4.78, 5) is 0. The number of halogens is 1. The van der Waals surface area contributed by atoms with Crippen molar-refractivity contribution in [2.75, 3.05) is 14.2 Å². The first kappa shape index (κ1) is 13.5. The van der Waals surface area contributed by atoms with Gasteiger partial charge in [0, 0.05) is 17.5 Å². The first-order chi connectivity index (χ1) is 8.43. The van der Waals surface area contributed by atoms with Gasteiger partial charge in [-0.2, -0.15) is 0 Å². The molecule has 2 rings (SSSR count). The third-order valence-electron chi connectivity index (χ3n) is 3.68. The third kappa shape index (κ3) is 2.17. The van der Waals surface area contributed by atoms with Gasteiger partial charge < -0.3 is 14.6 Å². The highest BCUT2D eigenvalue weighted by atomic mass is 35.5. The predicted molar refractivity (Wildman–Crippen MR) is 71.9 cm³/mol. The van der Waals surface area contributed by atoms with Gasteiger partial charge >= 0.3 is 0 Å². The lowest BCUT2D eigenvalue weighted by Crippen LogP contribution is -2.14.